The molecule has 0 atom stereocenters. The minimum absolute atomic E-state index is 0. The van der Waals surface area contributed by atoms with Crippen molar-refractivity contribution in [2.24, 2.45) is 0 Å². The van der Waals surface area contributed by atoms with Crippen LogP contribution in [0.15, 0.2) is 6.07 Å². The maximum Gasteiger partial charge on any atom is 4.00 e. The van der Waals surface area contributed by atoms with E-state index in [9.17, 15) is 0 Å². The van der Waals surface area contributed by atoms with Gasteiger partial charge in [-0.3, -0.25) is 0 Å². The second-order valence-corrected chi connectivity index (χ2v) is 8.95. The molecule has 0 amide bonds. The summed E-state index contributed by atoms with van der Waals surface area (Å²) in [7, 11) is 0.750. The van der Waals surface area contributed by atoms with Crippen LogP contribution in [-0.2, 0) is 21.7 Å². The van der Waals surface area contributed by atoms with Crippen molar-refractivity contribution in [3.63, 3.8) is 0 Å². The van der Waals surface area contributed by atoms with Crippen molar-refractivity contribution in [1.82, 2.24) is 0 Å². The molecule has 1 nitrogen and oxygen atoms in total. The first kappa shape index (κ1) is 36.2. The SMILES string of the molecule is C[SiH]C.Cc1c[c-](C)c(C)c1C.[Cl-].[Cl-].[NH-]C1CCCCCCCCCCC1.[Ti+4]. The van der Waals surface area contributed by atoms with E-state index >= 15 is 0 Å². The third kappa shape index (κ3) is 18.8. The Morgan fingerprint density at radius 1 is 0.821 bits per heavy atom. The van der Waals surface area contributed by atoms with Gasteiger partial charge in [0.05, 0.1) is 0 Å². The van der Waals surface area contributed by atoms with Crippen molar-refractivity contribution in [2.75, 3.05) is 0 Å². The van der Waals surface area contributed by atoms with Crippen molar-refractivity contribution >= 4 is 9.52 Å². The summed E-state index contributed by atoms with van der Waals surface area (Å²) < 4.78 is 0. The van der Waals surface area contributed by atoms with Gasteiger partial charge in [-0.05, 0) is 0 Å². The van der Waals surface area contributed by atoms with Gasteiger partial charge in [0, 0.05) is 9.52 Å². The molecular weight excluding hydrogens is 437 g/mol. The zero-order valence-corrected chi connectivity index (χ0v) is 23.5. The number of rotatable bonds is 0. The topological polar surface area (TPSA) is 23.8 Å². The summed E-state index contributed by atoms with van der Waals surface area (Å²) in [6, 6.07) is 2.49. The molecule has 5 heteroatoms. The van der Waals surface area contributed by atoms with Crippen molar-refractivity contribution in [1.29, 1.82) is 0 Å². The van der Waals surface area contributed by atoms with Gasteiger partial charge in [-0.25, -0.2) is 0 Å². The number of hydrogen-bond acceptors (Lipinski definition) is 0. The van der Waals surface area contributed by atoms with Crippen LogP contribution >= 0.6 is 0 Å². The normalized spacial score (nSPS) is 15.4. The number of hydrogen-bond donors (Lipinski definition) is 0. The standard InChI is InChI=1S/C12H24N.C9H13.C2H7Si.2ClH.Ti/c13-12-10-8-6-4-2-1-3-5-7-9-11-12;1-6-5-7(2)9(4)8(6)3;1-3-2;;;/h12-13H,1-11H2;5H,1-4H3;3H,1-2H3;2*1H;/q2*-1;;;;+4/p-2. The Balaban J connectivity index is -0.000000170. The van der Waals surface area contributed by atoms with E-state index in [4.69, 9.17) is 5.73 Å². The zero-order chi connectivity index (χ0) is 19.1. The van der Waals surface area contributed by atoms with Gasteiger partial charge < -0.3 is 30.5 Å². The molecule has 0 aromatic heterocycles. The van der Waals surface area contributed by atoms with Crippen LogP contribution in [0, 0.1) is 27.7 Å². The summed E-state index contributed by atoms with van der Waals surface area (Å²) in [6.45, 7) is 13.1. The Morgan fingerprint density at radius 2 is 1.14 bits per heavy atom. The predicted molar refractivity (Wildman–Crippen MR) is 119 cm³/mol. The minimum Gasteiger partial charge on any atom is -1.00 e. The monoisotopic (exact) mass is 480 g/mol. The van der Waals surface area contributed by atoms with Crippen LogP contribution < -0.4 is 24.8 Å². The average molecular weight is 481 g/mol. The summed E-state index contributed by atoms with van der Waals surface area (Å²) in [5, 5.41) is 0. The first-order chi connectivity index (χ1) is 11.9. The van der Waals surface area contributed by atoms with Crippen molar-refractivity contribution in [3.05, 3.63) is 34.1 Å². The molecule has 1 aromatic rings. The predicted octanol–water partition coefficient (Wildman–Crippen LogP) is 1.88. The number of aryl methyl sites for hydroxylation is 2. The van der Waals surface area contributed by atoms with E-state index < -0.39 is 0 Å². The van der Waals surface area contributed by atoms with Gasteiger partial charge in [-0.15, -0.1) is 6.04 Å². The van der Waals surface area contributed by atoms with Gasteiger partial charge >= 0.3 is 21.7 Å². The average Bonchev–Trinajstić information content (AvgIpc) is 2.78. The molecule has 1 aliphatic rings. The number of nitrogens with one attached hydrogen (secondary N) is 1. The summed E-state index contributed by atoms with van der Waals surface area (Å²) in [5.74, 6) is 0. The molecule has 1 fully saturated rings. The van der Waals surface area contributed by atoms with Crippen LogP contribution in [0.5, 0.6) is 0 Å². The van der Waals surface area contributed by atoms with Crippen molar-refractivity contribution in [2.45, 2.75) is 117 Å². The van der Waals surface area contributed by atoms with Crippen LogP contribution in [0.4, 0.5) is 0 Å². The van der Waals surface area contributed by atoms with Gasteiger partial charge in [0.15, 0.2) is 0 Å². The first-order valence-corrected chi connectivity index (χ1v) is 12.9. The van der Waals surface area contributed by atoms with E-state index in [0.29, 0.717) is 0 Å². The van der Waals surface area contributed by atoms with Gasteiger partial charge in [-0.2, -0.15) is 28.3 Å². The molecule has 163 valence electrons. The molecule has 2 rings (SSSR count). The molecule has 0 saturated heterocycles. The van der Waals surface area contributed by atoms with Gasteiger partial charge in [0.25, 0.3) is 0 Å². The summed E-state index contributed by atoms with van der Waals surface area (Å²) >= 11 is 0. The van der Waals surface area contributed by atoms with Gasteiger partial charge in [0.2, 0.25) is 0 Å². The van der Waals surface area contributed by atoms with Gasteiger partial charge in [-0.1, -0.05) is 111 Å². The summed E-state index contributed by atoms with van der Waals surface area (Å²) in [6.07, 6.45) is 14.8. The maximum atomic E-state index is 7.80. The van der Waals surface area contributed by atoms with Crippen LogP contribution in [0.2, 0.25) is 13.1 Å². The second-order valence-electron chi connectivity index (χ2n) is 7.79. The van der Waals surface area contributed by atoms with Crippen molar-refractivity contribution < 1.29 is 46.5 Å². The molecule has 1 aliphatic carbocycles. The van der Waals surface area contributed by atoms with Crippen LogP contribution in [0.25, 0.3) is 5.73 Å². The van der Waals surface area contributed by atoms with E-state index in [0.717, 1.165) is 22.4 Å². The Labute approximate surface area is 206 Å². The largest absolute Gasteiger partial charge is 4.00 e. The molecule has 0 unspecified atom stereocenters. The molecule has 28 heavy (non-hydrogen) atoms. The Morgan fingerprint density at radius 3 is 1.36 bits per heavy atom. The molecule has 0 spiro atoms. The van der Waals surface area contributed by atoms with E-state index in [1.807, 2.05) is 0 Å². The third-order valence-corrected chi connectivity index (χ3v) is 5.28. The van der Waals surface area contributed by atoms with Crippen LogP contribution in [0.3, 0.4) is 0 Å². The fourth-order valence-electron chi connectivity index (χ4n) is 3.30. The minimum atomic E-state index is 0. The van der Waals surface area contributed by atoms with E-state index in [-0.39, 0.29) is 52.6 Å². The first-order valence-electron chi connectivity index (χ1n) is 10.6. The van der Waals surface area contributed by atoms with E-state index in [1.165, 1.54) is 80.0 Å². The van der Waals surface area contributed by atoms with E-state index in [2.05, 4.69) is 46.9 Å². The van der Waals surface area contributed by atoms with E-state index in [1.54, 1.807) is 0 Å². The third-order valence-electron chi connectivity index (χ3n) is 5.28. The smallest absolute Gasteiger partial charge is 1.00 e. The molecule has 1 saturated carbocycles. The zero-order valence-electron chi connectivity index (χ0n) is 19.3. The second kappa shape index (κ2) is 24.1. The van der Waals surface area contributed by atoms with Crippen LogP contribution in [-0.4, -0.2) is 15.6 Å². The van der Waals surface area contributed by atoms with Crippen LogP contribution in [0.1, 0.15) is 92.9 Å². The quantitative estimate of drug-likeness (QED) is 0.399. The maximum absolute atomic E-state index is 7.80. The molecule has 1 radical (unpaired) electrons. The van der Waals surface area contributed by atoms with Crippen molar-refractivity contribution in [3.8, 4) is 0 Å². The summed E-state index contributed by atoms with van der Waals surface area (Å²) in [5.41, 5.74) is 13.5. The number of halogens is 2. The molecule has 0 heterocycles. The Kier molecular flexibility index (Phi) is 31.2. The van der Waals surface area contributed by atoms with Gasteiger partial charge in [0.1, 0.15) is 0 Å². The molecule has 0 bridgehead atoms. The molecule has 1 aromatic carbocycles. The summed E-state index contributed by atoms with van der Waals surface area (Å²) in [4.78, 5) is 0. The fraction of sp³-hybridized carbons (Fsp3) is 0.783. The molecule has 1 N–H and O–H groups in total. The fourth-order valence-corrected chi connectivity index (χ4v) is 3.30. The Hall–Kier alpha value is 0.821. The molecule has 0 aliphatic heterocycles. The molecular formula is C23H44Cl2NSiTi. The Bertz CT molecular complexity index is 404.